The lowest BCUT2D eigenvalue weighted by molar-refractivity contribution is -0.121. The summed E-state index contributed by atoms with van der Waals surface area (Å²) in [6.07, 6.45) is 0.372. The Hall–Kier alpha value is -1.65. The standard InChI is InChI=1S/C16H19NO2S/c1-12(10-15(18)13-6-3-2-4-7-13)17-16(19)11-14-8-5-9-20-14/h2-9,12,15,18H,10-11H2,1H3,(H,17,19)/t12-,15-/m1/s1. The molecule has 1 amide bonds. The van der Waals surface area contributed by atoms with Crippen LogP contribution in [0.15, 0.2) is 47.8 Å². The zero-order chi connectivity index (χ0) is 14.4. The largest absolute Gasteiger partial charge is 0.388 e. The van der Waals surface area contributed by atoms with E-state index < -0.39 is 6.10 Å². The van der Waals surface area contributed by atoms with Crippen LogP contribution in [0.5, 0.6) is 0 Å². The van der Waals surface area contributed by atoms with E-state index in [1.54, 1.807) is 11.3 Å². The number of thiophene rings is 1. The molecule has 0 saturated heterocycles. The van der Waals surface area contributed by atoms with E-state index in [0.717, 1.165) is 10.4 Å². The molecule has 0 aliphatic heterocycles. The summed E-state index contributed by atoms with van der Waals surface area (Å²) >= 11 is 1.58. The van der Waals surface area contributed by atoms with Crippen molar-refractivity contribution in [2.75, 3.05) is 0 Å². The Kier molecular flexibility index (Phi) is 5.32. The zero-order valence-corrected chi connectivity index (χ0v) is 12.3. The molecular formula is C16H19NO2S. The molecule has 0 unspecified atom stereocenters. The molecule has 1 heterocycles. The third-order valence-corrected chi connectivity index (χ3v) is 3.96. The lowest BCUT2D eigenvalue weighted by atomic mass is 10.0. The fourth-order valence-electron chi connectivity index (χ4n) is 2.10. The number of carbonyl (C=O) groups is 1. The summed E-state index contributed by atoms with van der Waals surface area (Å²) in [6.45, 7) is 1.92. The summed E-state index contributed by atoms with van der Waals surface area (Å²) in [7, 11) is 0. The molecule has 2 N–H and O–H groups in total. The van der Waals surface area contributed by atoms with Crippen LogP contribution in [0.4, 0.5) is 0 Å². The predicted molar refractivity (Wildman–Crippen MR) is 81.6 cm³/mol. The molecule has 0 fully saturated rings. The fraction of sp³-hybridized carbons (Fsp3) is 0.312. The minimum Gasteiger partial charge on any atom is -0.388 e. The van der Waals surface area contributed by atoms with Crippen molar-refractivity contribution in [3.8, 4) is 0 Å². The van der Waals surface area contributed by atoms with Crippen LogP contribution in [0.25, 0.3) is 0 Å². The number of aliphatic hydroxyl groups is 1. The third kappa shape index (κ3) is 4.47. The molecule has 1 aromatic carbocycles. The lowest BCUT2D eigenvalue weighted by Gasteiger charge is -2.18. The second kappa shape index (κ2) is 7.22. The molecular weight excluding hydrogens is 270 g/mol. The fourth-order valence-corrected chi connectivity index (χ4v) is 2.81. The van der Waals surface area contributed by atoms with Crippen LogP contribution < -0.4 is 5.32 Å². The SMILES string of the molecule is C[C@H](C[C@@H](O)c1ccccc1)NC(=O)Cc1cccs1. The summed E-state index contributed by atoms with van der Waals surface area (Å²) < 4.78 is 0. The lowest BCUT2D eigenvalue weighted by Crippen LogP contribution is -2.34. The molecule has 0 bridgehead atoms. The van der Waals surface area contributed by atoms with Crippen LogP contribution >= 0.6 is 11.3 Å². The Balaban J connectivity index is 1.80. The topological polar surface area (TPSA) is 49.3 Å². The van der Waals surface area contributed by atoms with Gasteiger partial charge >= 0.3 is 0 Å². The summed E-state index contributed by atoms with van der Waals surface area (Å²) in [4.78, 5) is 12.9. The second-order valence-electron chi connectivity index (χ2n) is 4.89. The maximum Gasteiger partial charge on any atom is 0.225 e. The van der Waals surface area contributed by atoms with E-state index in [1.807, 2.05) is 54.8 Å². The molecule has 1 aromatic heterocycles. The van der Waals surface area contributed by atoms with Crippen molar-refractivity contribution in [2.24, 2.45) is 0 Å². The van der Waals surface area contributed by atoms with Gasteiger partial charge in [0, 0.05) is 10.9 Å². The van der Waals surface area contributed by atoms with Gasteiger partial charge in [-0.1, -0.05) is 36.4 Å². The molecule has 2 atom stereocenters. The number of carbonyl (C=O) groups excluding carboxylic acids is 1. The molecule has 0 spiro atoms. The normalized spacial score (nSPS) is 13.7. The number of hydrogen-bond donors (Lipinski definition) is 2. The van der Waals surface area contributed by atoms with Crippen molar-refractivity contribution >= 4 is 17.2 Å². The predicted octanol–water partition coefficient (Wildman–Crippen LogP) is 2.92. The monoisotopic (exact) mass is 289 g/mol. The first-order chi connectivity index (χ1) is 9.65. The molecule has 3 nitrogen and oxygen atoms in total. The Morgan fingerprint density at radius 3 is 2.65 bits per heavy atom. The van der Waals surface area contributed by atoms with Crippen LogP contribution in [0.1, 0.15) is 29.9 Å². The van der Waals surface area contributed by atoms with Crippen LogP contribution in [-0.4, -0.2) is 17.1 Å². The van der Waals surface area contributed by atoms with Gasteiger partial charge in [-0.25, -0.2) is 0 Å². The van der Waals surface area contributed by atoms with Gasteiger partial charge in [0.1, 0.15) is 0 Å². The summed E-state index contributed by atoms with van der Waals surface area (Å²) in [5, 5.41) is 15.0. The Labute approximate surface area is 123 Å². The third-order valence-electron chi connectivity index (χ3n) is 3.08. The quantitative estimate of drug-likeness (QED) is 0.859. The van der Waals surface area contributed by atoms with Crippen molar-refractivity contribution in [1.29, 1.82) is 0 Å². The summed E-state index contributed by atoms with van der Waals surface area (Å²) in [5.41, 5.74) is 0.881. The Bertz CT molecular complexity index is 525. The van der Waals surface area contributed by atoms with E-state index in [9.17, 15) is 9.90 Å². The van der Waals surface area contributed by atoms with E-state index in [2.05, 4.69) is 5.32 Å². The maximum atomic E-state index is 11.9. The molecule has 0 aliphatic rings. The van der Waals surface area contributed by atoms with Crippen molar-refractivity contribution in [3.05, 3.63) is 58.3 Å². The first-order valence-corrected chi connectivity index (χ1v) is 7.58. The highest BCUT2D eigenvalue weighted by atomic mass is 32.1. The number of rotatable bonds is 6. The van der Waals surface area contributed by atoms with Crippen LogP contribution in [0, 0.1) is 0 Å². The molecule has 0 saturated carbocycles. The van der Waals surface area contributed by atoms with Gasteiger partial charge in [-0.3, -0.25) is 4.79 Å². The van der Waals surface area contributed by atoms with Crippen LogP contribution in [0.3, 0.4) is 0 Å². The van der Waals surface area contributed by atoms with E-state index in [1.165, 1.54) is 0 Å². The van der Waals surface area contributed by atoms with Crippen molar-refractivity contribution in [3.63, 3.8) is 0 Å². The van der Waals surface area contributed by atoms with E-state index >= 15 is 0 Å². The average Bonchev–Trinajstić information content (AvgIpc) is 2.92. The average molecular weight is 289 g/mol. The molecule has 0 aliphatic carbocycles. The van der Waals surface area contributed by atoms with Crippen molar-refractivity contribution < 1.29 is 9.90 Å². The van der Waals surface area contributed by atoms with Crippen LogP contribution in [0.2, 0.25) is 0 Å². The van der Waals surface area contributed by atoms with Crippen molar-refractivity contribution in [1.82, 2.24) is 5.32 Å². The second-order valence-corrected chi connectivity index (χ2v) is 5.92. The Morgan fingerprint density at radius 2 is 2.00 bits per heavy atom. The Morgan fingerprint density at radius 1 is 1.25 bits per heavy atom. The van der Waals surface area contributed by atoms with Gasteiger partial charge in [0.25, 0.3) is 0 Å². The van der Waals surface area contributed by atoms with Gasteiger partial charge < -0.3 is 10.4 Å². The molecule has 20 heavy (non-hydrogen) atoms. The smallest absolute Gasteiger partial charge is 0.225 e. The minimum atomic E-state index is -0.548. The summed E-state index contributed by atoms with van der Waals surface area (Å²) in [6, 6.07) is 13.3. The number of benzene rings is 1. The minimum absolute atomic E-state index is 0.000196. The molecule has 2 rings (SSSR count). The first kappa shape index (κ1) is 14.8. The summed E-state index contributed by atoms with van der Waals surface area (Å²) in [5.74, 6) is 0.000196. The van der Waals surface area contributed by atoms with Gasteiger partial charge in [0.15, 0.2) is 0 Å². The van der Waals surface area contributed by atoms with Gasteiger partial charge in [0.2, 0.25) is 5.91 Å². The highest BCUT2D eigenvalue weighted by molar-refractivity contribution is 7.10. The van der Waals surface area contributed by atoms with Gasteiger partial charge in [-0.2, -0.15) is 0 Å². The number of nitrogens with one attached hydrogen (secondary N) is 1. The van der Waals surface area contributed by atoms with E-state index in [4.69, 9.17) is 0 Å². The van der Waals surface area contributed by atoms with Gasteiger partial charge in [-0.15, -0.1) is 11.3 Å². The first-order valence-electron chi connectivity index (χ1n) is 6.70. The van der Waals surface area contributed by atoms with Gasteiger partial charge in [-0.05, 0) is 30.4 Å². The zero-order valence-electron chi connectivity index (χ0n) is 11.5. The van der Waals surface area contributed by atoms with Gasteiger partial charge in [0.05, 0.1) is 12.5 Å². The maximum absolute atomic E-state index is 11.9. The van der Waals surface area contributed by atoms with E-state index in [0.29, 0.717) is 12.8 Å². The molecule has 2 aromatic rings. The van der Waals surface area contributed by atoms with E-state index in [-0.39, 0.29) is 11.9 Å². The number of aliphatic hydroxyl groups excluding tert-OH is 1. The molecule has 4 heteroatoms. The number of hydrogen-bond acceptors (Lipinski definition) is 3. The molecule has 0 radical (unpaired) electrons. The highest BCUT2D eigenvalue weighted by Gasteiger charge is 2.14. The highest BCUT2D eigenvalue weighted by Crippen LogP contribution is 2.17. The number of amides is 1. The molecule has 106 valence electrons. The van der Waals surface area contributed by atoms with Crippen molar-refractivity contribution in [2.45, 2.75) is 31.9 Å². The van der Waals surface area contributed by atoms with Crippen LogP contribution in [-0.2, 0) is 11.2 Å².